The molecule has 0 unspecified atom stereocenters. The molecule has 3 N–H and O–H groups in total. The van der Waals surface area contributed by atoms with E-state index in [0.29, 0.717) is 36.8 Å². The average molecular weight is 515 g/mol. The van der Waals surface area contributed by atoms with E-state index in [9.17, 15) is 29.4 Å². The second-order valence-electron chi connectivity index (χ2n) is 13.5. The number of rotatable bonds is 5. The third-order valence-corrected chi connectivity index (χ3v) is 11.2. The molecule has 7 heteroatoms. The number of ketones is 3. The highest BCUT2D eigenvalue weighted by molar-refractivity contribution is 6.01. The molecule has 0 bridgehead atoms. The van der Waals surface area contributed by atoms with Gasteiger partial charge in [-0.2, -0.15) is 0 Å². The van der Waals surface area contributed by atoms with Gasteiger partial charge in [-0.1, -0.05) is 47.1 Å². The number of hydrogen-bond acceptors (Lipinski definition) is 6. The number of fused-ring (bicyclic) bond motifs is 4. The SMILES string of the molecule is C/C(=C/C(=O)C[C@@H](C)C(=O)O)[C@H]1C[C@H](O)[C@@]2(C)C3=C(C(=O)C[C@]12C)[C@@]1(C)CCC(=O)C(C)(C)[C@H]1C[C@@H]3O. The van der Waals surface area contributed by atoms with Crippen LogP contribution in [0.4, 0.5) is 0 Å². The average Bonchev–Trinajstić information content (AvgIpc) is 2.99. The van der Waals surface area contributed by atoms with E-state index < -0.39 is 45.8 Å². The molecule has 2 fully saturated rings. The molecule has 0 aromatic rings. The molecule has 204 valence electrons. The number of allylic oxidation sites excluding steroid dienone is 3. The highest BCUT2D eigenvalue weighted by Crippen LogP contribution is 2.71. The Bertz CT molecular complexity index is 1130. The summed E-state index contributed by atoms with van der Waals surface area (Å²) in [4.78, 5) is 50.7. The minimum Gasteiger partial charge on any atom is -0.481 e. The smallest absolute Gasteiger partial charge is 0.306 e. The van der Waals surface area contributed by atoms with Gasteiger partial charge in [0.25, 0.3) is 0 Å². The van der Waals surface area contributed by atoms with Crippen LogP contribution in [-0.4, -0.2) is 50.8 Å². The lowest BCUT2D eigenvalue weighted by atomic mass is 9.42. The topological polar surface area (TPSA) is 129 Å². The van der Waals surface area contributed by atoms with Crippen LogP contribution in [0.2, 0.25) is 0 Å². The predicted octanol–water partition coefficient (Wildman–Crippen LogP) is 4.05. The fourth-order valence-corrected chi connectivity index (χ4v) is 8.77. The van der Waals surface area contributed by atoms with E-state index in [4.69, 9.17) is 5.11 Å². The third-order valence-electron chi connectivity index (χ3n) is 11.2. The normalized spacial score (nSPS) is 42.1. The maximum atomic E-state index is 14.0. The van der Waals surface area contributed by atoms with Crippen molar-refractivity contribution < 1.29 is 34.5 Å². The number of aliphatic hydroxyl groups excluding tert-OH is 2. The van der Waals surface area contributed by atoms with E-state index in [0.717, 1.165) is 5.57 Å². The van der Waals surface area contributed by atoms with E-state index >= 15 is 0 Å². The van der Waals surface area contributed by atoms with Gasteiger partial charge in [0, 0.05) is 41.1 Å². The molecule has 4 aliphatic rings. The van der Waals surface area contributed by atoms with E-state index in [1.165, 1.54) is 13.0 Å². The van der Waals surface area contributed by atoms with Crippen molar-refractivity contribution in [1.29, 1.82) is 0 Å². The lowest BCUT2D eigenvalue weighted by Gasteiger charge is -2.61. The molecule has 0 spiro atoms. The molecule has 37 heavy (non-hydrogen) atoms. The van der Waals surface area contributed by atoms with Gasteiger partial charge in [0.15, 0.2) is 11.6 Å². The van der Waals surface area contributed by atoms with Crippen LogP contribution in [0.25, 0.3) is 0 Å². The van der Waals surface area contributed by atoms with Gasteiger partial charge in [-0.3, -0.25) is 19.2 Å². The molecule has 0 heterocycles. The van der Waals surface area contributed by atoms with Crippen LogP contribution in [0, 0.1) is 39.4 Å². The van der Waals surface area contributed by atoms with Crippen LogP contribution < -0.4 is 0 Å². The first kappa shape index (κ1) is 27.9. The zero-order valence-electron chi connectivity index (χ0n) is 23.2. The zero-order chi connectivity index (χ0) is 27.9. The lowest BCUT2D eigenvalue weighted by Crippen LogP contribution is -2.60. The highest BCUT2D eigenvalue weighted by Gasteiger charge is 2.69. The summed E-state index contributed by atoms with van der Waals surface area (Å²) in [6, 6.07) is 0. The molecule has 0 saturated heterocycles. The molecule has 4 rings (SSSR count). The zero-order valence-corrected chi connectivity index (χ0v) is 23.2. The van der Waals surface area contributed by atoms with Gasteiger partial charge in [-0.25, -0.2) is 0 Å². The number of carbonyl (C=O) groups is 4. The van der Waals surface area contributed by atoms with E-state index in [1.54, 1.807) is 0 Å². The summed E-state index contributed by atoms with van der Waals surface area (Å²) in [6.45, 7) is 13.1. The summed E-state index contributed by atoms with van der Waals surface area (Å²) in [7, 11) is 0. The maximum Gasteiger partial charge on any atom is 0.306 e. The Morgan fingerprint density at radius 1 is 1.08 bits per heavy atom. The number of carboxylic acids is 1. The fraction of sp³-hybridized carbons (Fsp3) is 0.733. The molecular formula is C30H42O7. The number of carboxylic acid groups (broad SMARTS) is 1. The Balaban J connectivity index is 1.80. The van der Waals surface area contributed by atoms with Crippen LogP contribution in [0.15, 0.2) is 22.8 Å². The molecule has 0 radical (unpaired) electrons. The molecular weight excluding hydrogens is 472 g/mol. The number of Topliss-reactive ketones (excluding diaryl/α,β-unsaturated/α-hetero) is 2. The maximum absolute atomic E-state index is 14.0. The summed E-state index contributed by atoms with van der Waals surface area (Å²) in [6.07, 6.45) is 1.42. The predicted molar refractivity (Wildman–Crippen MR) is 137 cm³/mol. The Hall–Kier alpha value is -2.12. The van der Waals surface area contributed by atoms with Gasteiger partial charge in [-0.15, -0.1) is 0 Å². The van der Waals surface area contributed by atoms with Crippen molar-refractivity contribution in [3.63, 3.8) is 0 Å². The number of hydrogen-bond donors (Lipinski definition) is 3. The standard InChI is InChI=1S/C30H42O7/c1-15(10-17(31)11-16(2)26(36)37)18-12-23(35)30(7)25-19(32)13-21-27(3,4)22(34)8-9-28(21,5)24(25)20(33)14-29(18,30)6/h10,16,18-19,21,23,32,35H,8-9,11-14H2,1-7H3,(H,36,37)/b15-10-/t16-,18-,19+,21-,23+,28+,29-,30+/m1/s1. The minimum absolute atomic E-state index is 0.0379. The second kappa shape index (κ2) is 8.70. The van der Waals surface area contributed by atoms with Crippen molar-refractivity contribution in [1.82, 2.24) is 0 Å². The Morgan fingerprint density at radius 2 is 1.70 bits per heavy atom. The quantitative estimate of drug-likeness (QED) is 0.472. The van der Waals surface area contributed by atoms with Crippen LogP contribution >= 0.6 is 0 Å². The number of carbonyl (C=O) groups excluding carboxylic acids is 3. The van der Waals surface area contributed by atoms with Crippen molar-refractivity contribution in [2.45, 2.75) is 99.2 Å². The van der Waals surface area contributed by atoms with Crippen molar-refractivity contribution >= 4 is 23.3 Å². The van der Waals surface area contributed by atoms with Crippen LogP contribution in [-0.2, 0) is 19.2 Å². The van der Waals surface area contributed by atoms with E-state index in [2.05, 4.69) is 6.92 Å². The lowest BCUT2D eigenvalue weighted by molar-refractivity contribution is -0.145. The largest absolute Gasteiger partial charge is 0.481 e. The van der Waals surface area contributed by atoms with Crippen molar-refractivity contribution in [3.8, 4) is 0 Å². The van der Waals surface area contributed by atoms with Crippen LogP contribution in [0.5, 0.6) is 0 Å². The highest BCUT2D eigenvalue weighted by atomic mass is 16.4. The third kappa shape index (κ3) is 3.75. The van der Waals surface area contributed by atoms with Crippen molar-refractivity contribution in [3.05, 3.63) is 22.8 Å². The monoisotopic (exact) mass is 514 g/mol. The van der Waals surface area contributed by atoms with Crippen LogP contribution in [0.1, 0.15) is 87.0 Å². The molecule has 0 aliphatic heterocycles. The fourth-order valence-electron chi connectivity index (χ4n) is 8.77. The molecule has 2 saturated carbocycles. The Morgan fingerprint density at radius 3 is 2.30 bits per heavy atom. The van der Waals surface area contributed by atoms with Gasteiger partial charge >= 0.3 is 5.97 Å². The molecule has 4 aliphatic carbocycles. The summed E-state index contributed by atoms with van der Waals surface area (Å²) in [5.41, 5.74) is -0.855. The van der Waals surface area contributed by atoms with Gasteiger partial charge < -0.3 is 15.3 Å². The van der Waals surface area contributed by atoms with Crippen molar-refractivity contribution in [2.75, 3.05) is 0 Å². The first-order valence-electron chi connectivity index (χ1n) is 13.5. The number of aliphatic hydroxyl groups is 2. The molecule has 0 aromatic heterocycles. The summed E-state index contributed by atoms with van der Waals surface area (Å²) < 4.78 is 0. The summed E-state index contributed by atoms with van der Waals surface area (Å²) in [5, 5.41) is 32.4. The first-order chi connectivity index (χ1) is 16.9. The molecule has 0 amide bonds. The second-order valence-corrected chi connectivity index (χ2v) is 13.5. The molecule has 7 nitrogen and oxygen atoms in total. The van der Waals surface area contributed by atoms with Gasteiger partial charge in [0.05, 0.1) is 18.1 Å². The van der Waals surface area contributed by atoms with E-state index in [-0.39, 0.29) is 42.0 Å². The number of aliphatic carboxylic acids is 1. The Labute approximate surface area is 219 Å². The van der Waals surface area contributed by atoms with E-state index in [1.807, 2.05) is 34.6 Å². The van der Waals surface area contributed by atoms with Gasteiger partial charge in [0.2, 0.25) is 0 Å². The summed E-state index contributed by atoms with van der Waals surface area (Å²) in [5.74, 6) is -2.44. The minimum atomic E-state index is -1.03. The Kier molecular flexibility index (Phi) is 6.56. The van der Waals surface area contributed by atoms with Crippen LogP contribution in [0.3, 0.4) is 0 Å². The van der Waals surface area contributed by atoms with Crippen molar-refractivity contribution in [2.24, 2.45) is 39.4 Å². The molecule has 0 aromatic carbocycles. The molecule has 8 atom stereocenters. The van der Waals surface area contributed by atoms with Gasteiger partial charge in [-0.05, 0) is 55.1 Å². The van der Waals surface area contributed by atoms with Gasteiger partial charge in [0.1, 0.15) is 5.78 Å². The summed E-state index contributed by atoms with van der Waals surface area (Å²) >= 11 is 0. The first-order valence-corrected chi connectivity index (χ1v) is 13.5.